The topological polar surface area (TPSA) is 114 Å². The second-order valence-corrected chi connectivity index (χ2v) is 8.09. The van der Waals surface area contributed by atoms with Crippen molar-refractivity contribution in [2.24, 2.45) is 0 Å². The molecule has 0 saturated heterocycles. The van der Waals surface area contributed by atoms with Crippen molar-refractivity contribution < 1.29 is 23.5 Å². The number of nitrogens with two attached hydrogens (primary N) is 1. The van der Waals surface area contributed by atoms with Gasteiger partial charge in [-0.25, -0.2) is 8.78 Å². The first-order valence-electron chi connectivity index (χ1n) is 11.7. The van der Waals surface area contributed by atoms with Crippen LogP contribution in [0.15, 0.2) is 59.4 Å². The lowest BCUT2D eigenvalue weighted by atomic mass is 9.99. The minimum atomic E-state index is -1.03. The van der Waals surface area contributed by atoms with E-state index in [2.05, 4.69) is 5.32 Å². The fourth-order valence-electron chi connectivity index (χ4n) is 3.48. The first-order valence-corrected chi connectivity index (χ1v) is 11.7. The first-order chi connectivity index (χ1) is 17.1. The van der Waals surface area contributed by atoms with Gasteiger partial charge in [0.1, 0.15) is 23.0 Å². The van der Waals surface area contributed by atoms with Crippen LogP contribution in [0, 0.1) is 11.6 Å². The van der Waals surface area contributed by atoms with Crippen molar-refractivity contribution in [2.75, 3.05) is 12.3 Å². The Labute approximate surface area is 208 Å². The number of carbonyl (C=O) groups excluding carboxylic acids is 1. The molecule has 2 aromatic carbocycles. The standard InChI is InChI=1S/C25H25F2N3O4.C2H6/c1-3-25(2,24(33)34)29-13-12-15-4-7-17(8-5-15)30-21(31)11-10-19(23(30)28)22(32)18-9-6-16(26)14-20(18)27;1-2/h4-11,14,29H,3,12-13,28H2,1-2H3,(H,33,34);1-2H3. The fraction of sp³-hybridized carbons (Fsp3) is 0.296. The number of carbonyl (C=O) groups is 2. The van der Waals surface area contributed by atoms with Crippen LogP contribution in [-0.4, -0.2) is 33.5 Å². The summed E-state index contributed by atoms with van der Waals surface area (Å²) in [7, 11) is 0. The number of carboxylic acids is 1. The molecule has 4 N–H and O–H groups in total. The number of nitrogens with one attached hydrogen (secondary N) is 1. The maximum absolute atomic E-state index is 14.1. The highest BCUT2D eigenvalue weighted by Crippen LogP contribution is 2.21. The third-order valence-corrected chi connectivity index (χ3v) is 5.85. The second kappa shape index (κ2) is 12.2. The first kappa shape index (κ1) is 28.4. The number of benzene rings is 2. The van der Waals surface area contributed by atoms with E-state index < -0.39 is 34.5 Å². The largest absolute Gasteiger partial charge is 0.480 e. The Morgan fingerprint density at radius 1 is 1.03 bits per heavy atom. The van der Waals surface area contributed by atoms with E-state index in [1.54, 1.807) is 38.1 Å². The number of aromatic nitrogens is 1. The van der Waals surface area contributed by atoms with E-state index in [4.69, 9.17) is 5.73 Å². The van der Waals surface area contributed by atoms with Gasteiger partial charge in [-0.15, -0.1) is 0 Å². The van der Waals surface area contributed by atoms with Gasteiger partial charge in [-0.1, -0.05) is 32.9 Å². The van der Waals surface area contributed by atoms with Crippen LogP contribution in [0.3, 0.4) is 0 Å². The predicted octanol–water partition coefficient (Wildman–Crippen LogP) is 4.34. The average Bonchev–Trinajstić information content (AvgIpc) is 2.85. The molecule has 3 rings (SSSR count). The summed E-state index contributed by atoms with van der Waals surface area (Å²) in [4.78, 5) is 36.7. The molecule has 9 heteroatoms. The van der Waals surface area contributed by atoms with Gasteiger partial charge < -0.3 is 16.2 Å². The molecular weight excluding hydrogens is 468 g/mol. The maximum atomic E-state index is 14.1. The summed E-state index contributed by atoms with van der Waals surface area (Å²) < 4.78 is 28.4. The normalized spacial score (nSPS) is 12.3. The summed E-state index contributed by atoms with van der Waals surface area (Å²) in [5.74, 6) is -3.71. The third kappa shape index (κ3) is 6.23. The van der Waals surface area contributed by atoms with E-state index in [-0.39, 0.29) is 16.9 Å². The van der Waals surface area contributed by atoms with Crippen LogP contribution in [-0.2, 0) is 11.2 Å². The van der Waals surface area contributed by atoms with Gasteiger partial charge in [-0.05, 0) is 55.7 Å². The molecule has 0 saturated carbocycles. The Kier molecular flexibility index (Phi) is 9.63. The van der Waals surface area contributed by atoms with E-state index >= 15 is 0 Å². The molecule has 0 radical (unpaired) electrons. The molecular formula is C27H31F2N3O4. The lowest BCUT2D eigenvalue weighted by Gasteiger charge is -2.24. The zero-order valence-electron chi connectivity index (χ0n) is 20.8. The van der Waals surface area contributed by atoms with Gasteiger partial charge in [0.05, 0.1) is 16.8 Å². The average molecular weight is 500 g/mol. The number of pyridine rings is 1. The van der Waals surface area contributed by atoms with Gasteiger partial charge >= 0.3 is 5.97 Å². The van der Waals surface area contributed by atoms with Gasteiger partial charge in [-0.2, -0.15) is 0 Å². The van der Waals surface area contributed by atoms with Crippen LogP contribution in [0.1, 0.15) is 55.6 Å². The number of aliphatic carboxylic acids is 1. The molecule has 0 aliphatic heterocycles. The lowest BCUT2D eigenvalue weighted by Crippen LogP contribution is -2.49. The quantitative estimate of drug-likeness (QED) is 0.378. The Hall–Kier alpha value is -3.85. The fourth-order valence-corrected chi connectivity index (χ4v) is 3.48. The zero-order chi connectivity index (χ0) is 27.0. The molecule has 192 valence electrons. The van der Waals surface area contributed by atoms with Gasteiger partial charge in [0.25, 0.3) is 5.56 Å². The molecule has 0 amide bonds. The van der Waals surface area contributed by atoms with Crippen molar-refractivity contribution in [3.8, 4) is 5.69 Å². The van der Waals surface area contributed by atoms with Crippen molar-refractivity contribution in [3.05, 3.63) is 93.3 Å². The van der Waals surface area contributed by atoms with E-state index in [0.717, 1.165) is 28.3 Å². The van der Waals surface area contributed by atoms with E-state index in [1.807, 2.05) is 13.8 Å². The number of ketones is 1. The van der Waals surface area contributed by atoms with Crippen molar-refractivity contribution in [3.63, 3.8) is 0 Å². The number of carboxylic acid groups (broad SMARTS) is 1. The van der Waals surface area contributed by atoms with Crippen LogP contribution >= 0.6 is 0 Å². The zero-order valence-corrected chi connectivity index (χ0v) is 20.8. The molecule has 1 aromatic heterocycles. The van der Waals surface area contributed by atoms with Crippen molar-refractivity contribution >= 4 is 17.6 Å². The van der Waals surface area contributed by atoms with Crippen LogP contribution in [0.2, 0.25) is 0 Å². The highest BCUT2D eigenvalue weighted by molar-refractivity contribution is 6.11. The highest BCUT2D eigenvalue weighted by Gasteiger charge is 2.29. The molecule has 36 heavy (non-hydrogen) atoms. The van der Waals surface area contributed by atoms with E-state index in [1.165, 1.54) is 6.07 Å². The Balaban J connectivity index is 0.00000222. The summed E-state index contributed by atoms with van der Waals surface area (Å²) in [5, 5.41) is 12.4. The van der Waals surface area contributed by atoms with Crippen molar-refractivity contribution in [1.29, 1.82) is 0 Å². The van der Waals surface area contributed by atoms with Crippen LogP contribution in [0.4, 0.5) is 14.6 Å². The van der Waals surface area contributed by atoms with Gasteiger partial charge in [-0.3, -0.25) is 19.0 Å². The number of hydrogen-bond donors (Lipinski definition) is 3. The highest BCUT2D eigenvalue weighted by atomic mass is 19.1. The minimum absolute atomic E-state index is 0.0918. The molecule has 1 unspecified atom stereocenters. The summed E-state index contributed by atoms with van der Waals surface area (Å²) in [6.45, 7) is 7.85. The summed E-state index contributed by atoms with van der Waals surface area (Å²) >= 11 is 0. The van der Waals surface area contributed by atoms with Gasteiger partial charge in [0, 0.05) is 18.7 Å². The number of hydrogen-bond acceptors (Lipinski definition) is 5. The predicted molar refractivity (Wildman–Crippen MR) is 136 cm³/mol. The summed E-state index contributed by atoms with van der Waals surface area (Å²) in [6, 6.07) is 11.8. The molecule has 0 bridgehead atoms. The van der Waals surface area contributed by atoms with Crippen molar-refractivity contribution in [2.45, 2.75) is 46.1 Å². The Morgan fingerprint density at radius 2 is 1.64 bits per heavy atom. The Morgan fingerprint density at radius 3 is 2.19 bits per heavy atom. The molecule has 0 spiro atoms. The SMILES string of the molecule is CC.CCC(C)(NCCc1ccc(-n2c(N)c(C(=O)c3ccc(F)cc3F)ccc2=O)cc1)C(=O)O. The van der Waals surface area contributed by atoms with Gasteiger partial charge in [0.15, 0.2) is 5.78 Å². The van der Waals surface area contributed by atoms with Crippen molar-refractivity contribution in [1.82, 2.24) is 9.88 Å². The number of rotatable bonds is 9. The lowest BCUT2D eigenvalue weighted by molar-refractivity contribution is -0.144. The minimum Gasteiger partial charge on any atom is -0.480 e. The monoisotopic (exact) mass is 499 g/mol. The molecule has 0 aliphatic rings. The molecule has 1 heterocycles. The van der Waals surface area contributed by atoms with E-state index in [0.29, 0.717) is 31.1 Å². The summed E-state index contributed by atoms with van der Waals surface area (Å²) in [5.41, 5.74) is 5.47. The van der Waals surface area contributed by atoms with Crippen LogP contribution in [0.25, 0.3) is 5.69 Å². The van der Waals surface area contributed by atoms with Crippen LogP contribution < -0.4 is 16.6 Å². The van der Waals surface area contributed by atoms with E-state index in [9.17, 15) is 28.3 Å². The number of anilines is 1. The number of nitrogens with zero attached hydrogens (tertiary/aromatic N) is 1. The molecule has 7 nitrogen and oxygen atoms in total. The second-order valence-electron chi connectivity index (χ2n) is 8.09. The van der Waals surface area contributed by atoms with Gasteiger partial charge in [0.2, 0.25) is 0 Å². The molecule has 1 atom stereocenters. The maximum Gasteiger partial charge on any atom is 0.323 e. The summed E-state index contributed by atoms with van der Waals surface area (Å²) in [6.07, 6.45) is 0.982. The number of nitrogen functional groups attached to an aromatic ring is 1. The molecule has 3 aromatic rings. The Bertz CT molecular complexity index is 1290. The third-order valence-electron chi connectivity index (χ3n) is 5.85. The molecule has 0 aliphatic carbocycles. The molecule has 0 fully saturated rings. The van der Waals surface area contributed by atoms with Crippen LogP contribution in [0.5, 0.6) is 0 Å². The number of halogens is 2. The smallest absolute Gasteiger partial charge is 0.323 e.